The number of nitrogens with one attached hydrogen (secondary N) is 1. The number of nitrogens with zero attached hydrogens (tertiary/aromatic N) is 1. The number of halogens is 1. The summed E-state index contributed by atoms with van der Waals surface area (Å²) in [5.74, 6) is 1.26. The maximum atomic E-state index is 11.9. The number of pyridine rings is 1. The van der Waals surface area contributed by atoms with Crippen molar-refractivity contribution in [3.05, 3.63) is 52.7 Å². The minimum atomic E-state index is -0.0307. The Morgan fingerprint density at radius 3 is 2.92 bits per heavy atom. The molecule has 2 aromatic rings. The van der Waals surface area contributed by atoms with Gasteiger partial charge in [-0.25, -0.2) is 4.98 Å². The van der Waals surface area contributed by atoms with Gasteiger partial charge < -0.3 is 14.8 Å². The minimum Gasteiger partial charge on any atom is -0.494 e. The summed E-state index contributed by atoms with van der Waals surface area (Å²) in [6.07, 6.45) is 2.69. The molecule has 0 aliphatic carbocycles. The summed E-state index contributed by atoms with van der Waals surface area (Å²) in [6.45, 7) is 2.80. The fraction of sp³-hybridized carbons (Fsp3) is 0.333. The number of hydrogen-bond acceptors (Lipinski definition) is 4. The van der Waals surface area contributed by atoms with Crippen LogP contribution in [0.5, 0.6) is 11.6 Å². The van der Waals surface area contributed by atoms with Crippen molar-refractivity contribution in [1.82, 2.24) is 10.3 Å². The number of benzene rings is 1. The normalized spacial score (nSPS) is 10.3. The Morgan fingerprint density at radius 2 is 2.17 bits per heavy atom. The van der Waals surface area contributed by atoms with Gasteiger partial charge in [0.25, 0.3) is 0 Å². The van der Waals surface area contributed by atoms with E-state index in [0.717, 1.165) is 16.9 Å². The van der Waals surface area contributed by atoms with Crippen LogP contribution in [0.1, 0.15) is 24.0 Å². The molecule has 0 spiro atoms. The summed E-state index contributed by atoms with van der Waals surface area (Å²) in [6, 6.07) is 9.20. The van der Waals surface area contributed by atoms with Gasteiger partial charge in [-0.2, -0.15) is 0 Å². The van der Waals surface area contributed by atoms with Gasteiger partial charge in [0.2, 0.25) is 11.8 Å². The highest BCUT2D eigenvalue weighted by atomic mass is 35.5. The second-order valence-corrected chi connectivity index (χ2v) is 5.72. The number of rotatable bonds is 8. The number of aromatic nitrogens is 1. The highest BCUT2D eigenvalue weighted by Gasteiger charge is 2.06. The Morgan fingerprint density at radius 1 is 1.33 bits per heavy atom. The number of amides is 1. The number of carbonyl (C=O) groups excluding carboxylic acids is 1. The van der Waals surface area contributed by atoms with Crippen LogP contribution in [0.4, 0.5) is 0 Å². The average molecular weight is 349 g/mol. The maximum absolute atomic E-state index is 11.9. The zero-order chi connectivity index (χ0) is 17.4. The molecule has 1 amide bonds. The lowest BCUT2D eigenvalue weighted by Crippen LogP contribution is -2.23. The number of ether oxygens (including phenoxy) is 2. The number of methoxy groups -OCH3 is 1. The molecule has 1 aromatic heterocycles. The molecule has 0 unspecified atom stereocenters. The van der Waals surface area contributed by atoms with Crippen molar-refractivity contribution in [2.45, 2.75) is 26.3 Å². The third kappa shape index (κ3) is 5.42. The Kier molecular flexibility index (Phi) is 6.88. The Labute approximate surface area is 147 Å². The maximum Gasteiger partial charge on any atom is 0.220 e. The van der Waals surface area contributed by atoms with Crippen LogP contribution in [0.3, 0.4) is 0 Å². The van der Waals surface area contributed by atoms with E-state index >= 15 is 0 Å². The van der Waals surface area contributed by atoms with Crippen LogP contribution in [0.15, 0.2) is 36.5 Å². The molecule has 1 aromatic carbocycles. The topological polar surface area (TPSA) is 60.5 Å². The monoisotopic (exact) mass is 348 g/mol. The second-order valence-electron chi connectivity index (χ2n) is 5.31. The van der Waals surface area contributed by atoms with Gasteiger partial charge in [-0.3, -0.25) is 4.79 Å². The molecule has 0 atom stereocenters. The van der Waals surface area contributed by atoms with E-state index < -0.39 is 0 Å². The van der Waals surface area contributed by atoms with E-state index in [4.69, 9.17) is 21.1 Å². The van der Waals surface area contributed by atoms with Gasteiger partial charge >= 0.3 is 0 Å². The van der Waals surface area contributed by atoms with Gasteiger partial charge in [0.15, 0.2) is 0 Å². The summed E-state index contributed by atoms with van der Waals surface area (Å²) in [7, 11) is 1.56. The molecular weight excluding hydrogens is 328 g/mol. The quantitative estimate of drug-likeness (QED) is 0.741. The first-order valence-corrected chi connectivity index (χ1v) is 8.11. The SMILES string of the molecule is COc1ncccc1CNC(=O)CCCOc1ccc(Cl)c(C)c1. The lowest BCUT2D eigenvalue weighted by molar-refractivity contribution is -0.121. The molecule has 1 heterocycles. The van der Waals surface area contributed by atoms with Crippen molar-refractivity contribution in [1.29, 1.82) is 0 Å². The summed E-state index contributed by atoms with van der Waals surface area (Å²) in [5.41, 5.74) is 1.82. The molecule has 128 valence electrons. The second kappa shape index (κ2) is 9.13. The van der Waals surface area contributed by atoms with Crippen LogP contribution in [0.2, 0.25) is 5.02 Å². The Hall–Kier alpha value is -2.27. The lowest BCUT2D eigenvalue weighted by Gasteiger charge is -2.09. The van der Waals surface area contributed by atoms with Gasteiger partial charge in [-0.15, -0.1) is 0 Å². The molecule has 0 fully saturated rings. The molecule has 0 aliphatic heterocycles. The van der Waals surface area contributed by atoms with Gasteiger partial charge in [0.1, 0.15) is 5.75 Å². The molecular formula is C18H21ClN2O3. The fourth-order valence-corrected chi connectivity index (χ4v) is 2.27. The molecule has 2 rings (SSSR count). The van der Waals surface area contributed by atoms with E-state index in [0.29, 0.717) is 36.9 Å². The smallest absolute Gasteiger partial charge is 0.220 e. The van der Waals surface area contributed by atoms with Crippen molar-refractivity contribution < 1.29 is 14.3 Å². The summed E-state index contributed by atoms with van der Waals surface area (Å²) < 4.78 is 10.8. The third-order valence-corrected chi connectivity index (χ3v) is 3.89. The first kappa shape index (κ1) is 18.1. The Bertz CT molecular complexity index is 692. The first-order valence-electron chi connectivity index (χ1n) is 7.73. The molecule has 0 saturated heterocycles. The average Bonchev–Trinajstić information content (AvgIpc) is 2.60. The van der Waals surface area contributed by atoms with Crippen molar-refractivity contribution in [2.75, 3.05) is 13.7 Å². The van der Waals surface area contributed by atoms with E-state index in [1.54, 1.807) is 19.4 Å². The lowest BCUT2D eigenvalue weighted by atomic mass is 10.2. The summed E-state index contributed by atoms with van der Waals surface area (Å²) in [4.78, 5) is 16.0. The van der Waals surface area contributed by atoms with Crippen LogP contribution in [-0.2, 0) is 11.3 Å². The predicted octanol–water partition coefficient (Wildman–Crippen LogP) is 3.53. The largest absolute Gasteiger partial charge is 0.494 e. The van der Waals surface area contributed by atoms with Crippen molar-refractivity contribution in [3.63, 3.8) is 0 Å². The van der Waals surface area contributed by atoms with Gasteiger partial charge in [-0.1, -0.05) is 17.7 Å². The molecule has 0 bridgehead atoms. The van der Waals surface area contributed by atoms with Crippen molar-refractivity contribution in [3.8, 4) is 11.6 Å². The standard InChI is InChI=1S/C18H21ClN2O3/c1-13-11-15(7-8-16(13)19)24-10-4-6-17(22)21-12-14-5-3-9-20-18(14)23-2/h3,5,7-9,11H,4,6,10,12H2,1-2H3,(H,21,22). The van der Waals surface area contributed by atoms with Crippen LogP contribution >= 0.6 is 11.6 Å². The predicted molar refractivity (Wildman–Crippen MR) is 93.6 cm³/mol. The van der Waals surface area contributed by atoms with Crippen LogP contribution in [0, 0.1) is 6.92 Å². The van der Waals surface area contributed by atoms with E-state index in [9.17, 15) is 4.79 Å². The van der Waals surface area contributed by atoms with E-state index in [-0.39, 0.29) is 5.91 Å². The summed E-state index contributed by atoms with van der Waals surface area (Å²) >= 11 is 5.97. The molecule has 6 heteroatoms. The fourth-order valence-electron chi connectivity index (χ4n) is 2.15. The number of aryl methyl sites for hydroxylation is 1. The van der Waals surface area contributed by atoms with Crippen molar-refractivity contribution in [2.24, 2.45) is 0 Å². The molecule has 0 saturated carbocycles. The molecule has 0 aliphatic rings. The molecule has 1 N–H and O–H groups in total. The minimum absolute atomic E-state index is 0.0307. The Balaban J connectivity index is 1.69. The highest BCUT2D eigenvalue weighted by molar-refractivity contribution is 6.31. The molecule has 0 radical (unpaired) electrons. The number of hydrogen-bond donors (Lipinski definition) is 1. The van der Waals surface area contributed by atoms with Gasteiger partial charge in [-0.05, 0) is 43.2 Å². The molecule has 5 nitrogen and oxygen atoms in total. The third-order valence-electron chi connectivity index (χ3n) is 3.47. The first-order chi connectivity index (χ1) is 11.6. The van der Waals surface area contributed by atoms with E-state index in [1.165, 1.54) is 0 Å². The van der Waals surface area contributed by atoms with Gasteiger partial charge in [0.05, 0.1) is 13.7 Å². The summed E-state index contributed by atoms with van der Waals surface area (Å²) in [5, 5.41) is 3.57. The van der Waals surface area contributed by atoms with E-state index in [1.807, 2.05) is 31.2 Å². The van der Waals surface area contributed by atoms with Crippen LogP contribution in [-0.4, -0.2) is 24.6 Å². The van der Waals surface area contributed by atoms with E-state index in [2.05, 4.69) is 10.3 Å². The van der Waals surface area contributed by atoms with Crippen LogP contribution < -0.4 is 14.8 Å². The zero-order valence-electron chi connectivity index (χ0n) is 13.8. The van der Waals surface area contributed by atoms with Crippen molar-refractivity contribution >= 4 is 17.5 Å². The van der Waals surface area contributed by atoms with Gasteiger partial charge in [0, 0.05) is 29.7 Å². The zero-order valence-corrected chi connectivity index (χ0v) is 14.6. The highest BCUT2D eigenvalue weighted by Crippen LogP contribution is 2.21. The number of carbonyl (C=O) groups is 1. The van der Waals surface area contributed by atoms with Crippen LogP contribution in [0.25, 0.3) is 0 Å². The molecule has 24 heavy (non-hydrogen) atoms.